The molecule has 7 heteroatoms. The number of phenols is 1. The molecular formula is C10H12N2O5. The fraction of sp³-hybridized carbons (Fsp3) is 0.400. The maximum atomic E-state index is 10.8. The molecule has 0 heterocycles. The predicted molar refractivity (Wildman–Crippen MR) is 60.1 cm³/mol. The molecule has 92 valence electrons. The Kier molecular flexibility index (Phi) is 3.62. The molecule has 1 aromatic rings. The summed E-state index contributed by atoms with van der Waals surface area (Å²) in [5.41, 5.74) is -0.406. The Balaban J connectivity index is 3.57. The molecule has 0 saturated carbocycles. The van der Waals surface area contributed by atoms with Crippen LogP contribution < -0.4 is 0 Å². The number of hydrogen-bond donors (Lipinski definition) is 1. The van der Waals surface area contributed by atoms with E-state index in [0.29, 0.717) is 12.8 Å². The minimum Gasteiger partial charge on any atom is -0.502 e. The first-order valence-corrected chi connectivity index (χ1v) is 5.04. The van der Waals surface area contributed by atoms with Gasteiger partial charge in [0.05, 0.1) is 15.9 Å². The molecule has 0 unspecified atom stereocenters. The third kappa shape index (κ3) is 2.32. The number of nitro groups is 2. The van der Waals surface area contributed by atoms with Crippen LogP contribution in [0.15, 0.2) is 6.07 Å². The number of hydrogen-bond acceptors (Lipinski definition) is 5. The van der Waals surface area contributed by atoms with E-state index in [1.807, 2.05) is 6.92 Å². The normalized spacial score (nSPS) is 10.2. The second-order valence-corrected chi connectivity index (χ2v) is 3.63. The maximum absolute atomic E-state index is 10.8. The summed E-state index contributed by atoms with van der Waals surface area (Å²) in [5.74, 6) is -0.472. The van der Waals surface area contributed by atoms with Gasteiger partial charge in [0, 0.05) is 11.1 Å². The van der Waals surface area contributed by atoms with Gasteiger partial charge in [0.15, 0.2) is 5.75 Å². The van der Waals surface area contributed by atoms with E-state index in [0.717, 1.165) is 6.07 Å². The van der Waals surface area contributed by atoms with Gasteiger partial charge in [0.25, 0.3) is 5.69 Å². The van der Waals surface area contributed by atoms with Gasteiger partial charge in [-0.05, 0) is 13.3 Å². The molecule has 0 aliphatic rings. The van der Waals surface area contributed by atoms with Crippen molar-refractivity contribution in [1.29, 1.82) is 0 Å². The summed E-state index contributed by atoms with van der Waals surface area (Å²) < 4.78 is 0. The van der Waals surface area contributed by atoms with E-state index in [-0.39, 0.29) is 16.8 Å². The molecule has 0 atom stereocenters. The average molecular weight is 240 g/mol. The Labute approximate surface area is 97.0 Å². The zero-order chi connectivity index (χ0) is 13.2. The molecule has 0 fully saturated rings. The van der Waals surface area contributed by atoms with Crippen molar-refractivity contribution in [2.75, 3.05) is 0 Å². The van der Waals surface area contributed by atoms with Crippen LogP contribution >= 0.6 is 0 Å². The summed E-state index contributed by atoms with van der Waals surface area (Å²) in [4.78, 5) is 20.0. The lowest BCUT2D eigenvalue weighted by Crippen LogP contribution is -2.01. The van der Waals surface area contributed by atoms with Crippen LogP contribution in [0.5, 0.6) is 5.75 Å². The topological polar surface area (TPSA) is 107 Å². The van der Waals surface area contributed by atoms with Gasteiger partial charge in [-0.2, -0.15) is 0 Å². The molecular weight excluding hydrogens is 228 g/mol. The van der Waals surface area contributed by atoms with Gasteiger partial charge in [-0.3, -0.25) is 20.2 Å². The quantitative estimate of drug-likeness (QED) is 0.642. The predicted octanol–water partition coefficient (Wildman–Crippen LogP) is 2.47. The van der Waals surface area contributed by atoms with Crippen molar-refractivity contribution in [3.63, 3.8) is 0 Å². The number of phenolic OH excluding ortho intramolecular Hbond substituents is 1. The first-order valence-electron chi connectivity index (χ1n) is 5.04. The minimum atomic E-state index is -0.819. The van der Waals surface area contributed by atoms with Gasteiger partial charge in [-0.1, -0.05) is 13.3 Å². The van der Waals surface area contributed by atoms with Crippen LogP contribution in [0.25, 0.3) is 0 Å². The Morgan fingerprint density at radius 1 is 1.24 bits per heavy atom. The SMILES string of the molecule is CCCc1c(C)c([N+](=O)[O-])cc([N+](=O)[O-])c1O. The minimum absolute atomic E-state index is 0.272. The zero-order valence-electron chi connectivity index (χ0n) is 9.47. The lowest BCUT2D eigenvalue weighted by Gasteiger charge is -2.08. The lowest BCUT2D eigenvalue weighted by molar-refractivity contribution is -0.395. The Bertz CT molecular complexity index is 446. The van der Waals surface area contributed by atoms with Crippen LogP contribution in [0.2, 0.25) is 0 Å². The average Bonchev–Trinajstić information content (AvgIpc) is 2.23. The highest BCUT2D eigenvalue weighted by molar-refractivity contribution is 5.62. The second kappa shape index (κ2) is 4.77. The van der Waals surface area contributed by atoms with Crippen LogP contribution in [-0.2, 0) is 6.42 Å². The van der Waals surface area contributed by atoms with Crippen molar-refractivity contribution in [3.05, 3.63) is 37.4 Å². The van der Waals surface area contributed by atoms with E-state index >= 15 is 0 Å². The number of aromatic hydroxyl groups is 1. The van der Waals surface area contributed by atoms with Crippen molar-refractivity contribution in [3.8, 4) is 5.75 Å². The molecule has 0 amide bonds. The summed E-state index contributed by atoms with van der Waals surface area (Å²) >= 11 is 0. The van der Waals surface area contributed by atoms with Gasteiger partial charge in [0.2, 0.25) is 0 Å². The lowest BCUT2D eigenvalue weighted by atomic mass is 10.00. The number of benzene rings is 1. The van der Waals surface area contributed by atoms with Crippen LogP contribution in [0, 0.1) is 27.2 Å². The van der Waals surface area contributed by atoms with E-state index in [4.69, 9.17) is 0 Å². The van der Waals surface area contributed by atoms with E-state index < -0.39 is 21.3 Å². The molecule has 1 rings (SSSR count). The molecule has 0 aliphatic carbocycles. The van der Waals surface area contributed by atoms with Crippen molar-refractivity contribution in [2.24, 2.45) is 0 Å². The third-order valence-electron chi connectivity index (χ3n) is 2.53. The Hall–Kier alpha value is -2.18. The Morgan fingerprint density at radius 3 is 2.18 bits per heavy atom. The van der Waals surface area contributed by atoms with Gasteiger partial charge < -0.3 is 5.11 Å². The van der Waals surface area contributed by atoms with Crippen LogP contribution in [0.4, 0.5) is 11.4 Å². The van der Waals surface area contributed by atoms with Crippen molar-refractivity contribution in [1.82, 2.24) is 0 Å². The van der Waals surface area contributed by atoms with Crippen LogP contribution in [0.1, 0.15) is 24.5 Å². The van der Waals surface area contributed by atoms with Gasteiger partial charge >= 0.3 is 5.69 Å². The van der Waals surface area contributed by atoms with Crippen molar-refractivity contribution < 1.29 is 15.0 Å². The highest BCUT2D eigenvalue weighted by atomic mass is 16.6. The monoisotopic (exact) mass is 240 g/mol. The molecule has 0 saturated heterocycles. The molecule has 0 radical (unpaired) electrons. The molecule has 0 aromatic heterocycles. The fourth-order valence-electron chi connectivity index (χ4n) is 1.68. The van der Waals surface area contributed by atoms with E-state index in [9.17, 15) is 25.3 Å². The number of rotatable bonds is 4. The molecule has 17 heavy (non-hydrogen) atoms. The summed E-state index contributed by atoms with van der Waals surface area (Å²) in [7, 11) is 0. The highest BCUT2D eigenvalue weighted by Crippen LogP contribution is 2.38. The van der Waals surface area contributed by atoms with Crippen molar-refractivity contribution in [2.45, 2.75) is 26.7 Å². The molecule has 0 bridgehead atoms. The summed E-state index contributed by atoms with van der Waals surface area (Å²) in [6.45, 7) is 3.30. The molecule has 1 N–H and O–H groups in total. The molecule has 0 spiro atoms. The summed E-state index contributed by atoms with van der Waals surface area (Å²) in [6, 6.07) is 0.795. The van der Waals surface area contributed by atoms with Gasteiger partial charge in [-0.25, -0.2) is 0 Å². The van der Waals surface area contributed by atoms with Crippen LogP contribution in [0.3, 0.4) is 0 Å². The van der Waals surface area contributed by atoms with E-state index in [1.165, 1.54) is 6.92 Å². The molecule has 7 nitrogen and oxygen atoms in total. The van der Waals surface area contributed by atoms with E-state index in [2.05, 4.69) is 0 Å². The molecule has 1 aromatic carbocycles. The smallest absolute Gasteiger partial charge is 0.317 e. The zero-order valence-corrected chi connectivity index (χ0v) is 9.47. The number of nitrogens with zero attached hydrogens (tertiary/aromatic N) is 2. The first-order chi connectivity index (χ1) is 7.90. The molecule has 0 aliphatic heterocycles. The van der Waals surface area contributed by atoms with Crippen LogP contribution in [-0.4, -0.2) is 15.0 Å². The van der Waals surface area contributed by atoms with E-state index in [1.54, 1.807) is 0 Å². The Morgan fingerprint density at radius 2 is 1.76 bits per heavy atom. The van der Waals surface area contributed by atoms with Gasteiger partial charge in [0.1, 0.15) is 0 Å². The van der Waals surface area contributed by atoms with Gasteiger partial charge in [-0.15, -0.1) is 0 Å². The third-order valence-corrected chi connectivity index (χ3v) is 2.53. The highest BCUT2D eigenvalue weighted by Gasteiger charge is 2.26. The summed E-state index contributed by atoms with van der Waals surface area (Å²) in [5, 5.41) is 31.2. The second-order valence-electron chi connectivity index (χ2n) is 3.63. The largest absolute Gasteiger partial charge is 0.502 e. The number of nitro benzene ring substituents is 2. The fourth-order valence-corrected chi connectivity index (χ4v) is 1.68. The first kappa shape index (κ1) is 12.9. The summed E-state index contributed by atoms with van der Waals surface area (Å²) in [6.07, 6.45) is 0.993. The maximum Gasteiger partial charge on any atom is 0.317 e. The standard InChI is InChI=1S/C10H12N2O5/c1-3-4-7-6(2)8(11(14)15)5-9(10(7)13)12(16)17/h5,13H,3-4H2,1-2H3. The van der Waals surface area contributed by atoms with Crippen molar-refractivity contribution >= 4 is 11.4 Å².